The molecule has 5 heteroatoms. The second-order valence-corrected chi connectivity index (χ2v) is 6.27. The van der Waals surface area contributed by atoms with Gasteiger partial charge in [-0.05, 0) is 36.3 Å². The van der Waals surface area contributed by atoms with Gasteiger partial charge in [-0.1, -0.05) is 42.5 Å². The first-order valence-corrected chi connectivity index (χ1v) is 8.39. The second-order valence-electron chi connectivity index (χ2n) is 6.27. The molecule has 1 aliphatic heterocycles. The number of ether oxygens (including phenoxy) is 1. The number of rotatable bonds is 4. The van der Waals surface area contributed by atoms with Crippen LogP contribution in [0.25, 0.3) is 5.57 Å². The Morgan fingerprint density at radius 2 is 1.92 bits per heavy atom. The van der Waals surface area contributed by atoms with Crippen LogP contribution in [0.1, 0.15) is 16.7 Å². The Balaban J connectivity index is 1.91. The van der Waals surface area contributed by atoms with Gasteiger partial charge in [0.05, 0.1) is 12.8 Å². The zero-order valence-corrected chi connectivity index (χ0v) is 14.3. The van der Waals surface area contributed by atoms with Crippen molar-refractivity contribution in [1.82, 2.24) is 14.8 Å². The Kier molecular flexibility index (Phi) is 4.13. The molecular formula is C21H18FN3O. The lowest BCUT2D eigenvalue weighted by Gasteiger charge is -2.38. The molecule has 2 aromatic carbocycles. The zero-order chi connectivity index (χ0) is 18.0. The molecule has 1 aliphatic rings. The van der Waals surface area contributed by atoms with Crippen LogP contribution in [0.2, 0.25) is 0 Å². The van der Waals surface area contributed by atoms with Crippen molar-refractivity contribution in [3.05, 3.63) is 102 Å². The molecule has 1 aromatic heterocycles. The summed E-state index contributed by atoms with van der Waals surface area (Å²) in [6.45, 7) is 2.49. The smallest absolute Gasteiger partial charge is 0.178 e. The van der Waals surface area contributed by atoms with Crippen molar-refractivity contribution in [2.45, 2.75) is 19.1 Å². The highest BCUT2D eigenvalue weighted by atomic mass is 19.1. The molecule has 4 rings (SSSR count). The summed E-state index contributed by atoms with van der Waals surface area (Å²) in [6, 6.07) is 14.6. The van der Waals surface area contributed by atoms with E-state index in [4.69, 9.17) is 4.74 Å². The SMILES string of the molecule is Cc1ccccc1C1=CC=COC1(Cn1cncn1)c1ccc(F)cc1. The van der Waals surface area contributed by atoms with Crippen LogP contribution >= 0.6 is 0 Å². The number of aryl methyl sites for hydroxylation is 1. The normalized spacial score (nSPS) is 19.1. The Morgan fingerprint density at radius 1 is 1.12 bits per heavy atom. The van der Waals surface area contributed by atoms with E-state index in [0.29, 0.717) is 6.54 Å². The molecular weight excluding hydrogens is 329 g/mol. The summed E-state index contributed by atoms with van der Waals surface area (Å²) in [6.07, 6.45) is 8.75. The predicted molar refractivity (Wildman–Crippen MR) is 97.5 cm³/mol. The summed E-state index contributed by atoms with van der Waals surface area (Å²) in [7, 11) is 0. The minimum absolute atomic E-state index is 0.280. The average molecular weight is 347 g/mol. The molecule has 1 unspecified atom stereocenters. The molecule has 0 aliphatic carbocycles. The van der Waals surface area contributed by atoms with Gasteiger partial charge in [0, 0.05) is 11.1 Å². The van der Waals surface area contributed by atoms with Crippen molar-refractivity contribution in [3.63, 3.8) is 0 Å². The topological polar surface area (TPSA) is 39.9 Å². The lowest BCUT2D eigenvalue weighted by atomic mass is 9.79. The van der Waals surface area contributed by atoms with Crippen LogP contribution in [0.15, 0.2) is 79.6 Å². The predicted octanol–water partition coefficient (Wildman–Crippen LogP) is 4.25. The van der Waals surface area contributed by atoms with Crippen LogP contribution in [0.3, 0.4) is 0 Å². The molecule has 0 bridgehead atoms. The second kappa shape index (κ2) is 6.59. The van der Waals surface area contributed by atoms with Crippen molar-refractivity contribution in [3.8, 4) is 0 Å². The van der Waals surface area contributed by atoms with Gasteiger partial charge in [-0.2, -0.15) is 5.10 Å². The van der Waals surface area contributed by atoms with Crippen molar-refractivity contribution >= 4 is 5.57 Å². The van der Waals surface area contributed by atoms with Gasteiger partial charge in [0.2, 0.25) is 0 Å². The van der Waals surface area contributed by atoms with Gasteiger partial charge < -0.3 is 4.74 Å². The van der Waals surface area contributed by atoms with Crippen molar-refractivity contribution in [2.75, 3.05) is 0 Å². The van der Waals surface area contributed by atoms with Gasteiger partial charge in [0.15, 0.2) is 5.60 Å². The van der Waals surface area contributed by atoms with E-state index in [-0.39, 0.29) is 5.82 Å². The Morgan fingerprint density at radius 3 is 2.65 bits per heavy atom. The maximum absolute atomic E-state index is 13.5. The Labute approximate surface area is 151 Å². The number of hydrogen-bond acceptors (Lipinski definition) is 3. The quantitative estimate of drug-likeness (QED) is 0.708. The number of nitrogens with zero attached hydrogens (tertiary/aromatic N) is 3. The van der Waals surface area contributed by atoms with Gasteiger partial charge in [-0.25, -0.2) is 14.1 Å². The fourth-order valence-corrected chi connectivity index (χ4v) is 3.37. The molecule has 1 atom stereocenters. The molecule has 26 heavy (non-hydrogen) atoms. The minimum Gasteiger partial charge on any atom is -0.483 e. The first-order chi connectivity index (χ1) is 12.7. The summed E-state index contributed by atoms with van der Waals surface area (Å²) < 4.78 is 21.5. The standard InChI is InChI=1S/C21H18FN3O/c1-16-5-2-3-6-19(16)20-7-4-12-26-21(20,13-25-15-23-14-24-25)17-8-10-18(22)11-9-17/h2-12,14-15H,13H2,1H3. The van der Waals surface area contributed by atoms with Gasteiger partial charge in [0.1, 0.15) is 18.5 Å². The van der Waals surface area contributed by atoms with Gasteiger partial charge in [-0.15, -0.1) is 0 Å². The third kappa shape index (κ3) is 2.81. The molecule has 0 N–H and O–H groups in total. The lowest BCUT2D eigenvalue weighted by molar-refractivity contribution is 0.0517. The molecule has 2 heterocycles. The van der Waals surface area contributed by atoms with Crippen LogP contribution in [-0.4, -0.2) is 14.8 Å². The van der Waals surface area contributed by atoms with E-state index < -0.39 is 5.60 Å². The number of allylic oxidation sites excluding steroid dienone is 2. The van der Waals surface area contributed by atoms with Gasteiger partial charge in [-0.3, -0.25) is 0 Å². The maximum Gasteiger partial charge on any atom is 0.178 e. The molecule has 0 radical (unpaired) electrons. The molecule has 130 valence electrons. The third-order valence-corrected chi connectivity index (χ3v) is 4.64. The maximum atomic E-state index is 13.5. The van der Waals surface area contributed by atoms with Crippen molar-refractivity contribution in [1.29, 1.82) is 0 Å². The highest BCUT2D eigenvalue weighted by Gasteiger charge is 2.41. The molecule has 0 fully saturated rings. The lowest BCUT2D eigenvalue weighted by Crippen LogP contribution is -2.36. The van der Waals surface area contributed by atoms with Crippen LogP contribution < -0.4 is 0 Å². The monoisotopic (exact) mass is 347 g/mol. The molecule has 0 saturated heterocycles. The van der Waals surface area contributed by atoms with E-state index in [1.54, 1.807) is 29.4 Å². The third-order valence-electron chi connectivity index (χ3n) is 4.64. The molecule has 0 saturated carbocycles. The van der Waals surface area contributed by atoms with Crippen LogP contribution in [-0.2, 0) is 16.9 Å². The van der Waals surface area contributed by atoms with E-state index in [0.717, 1.165) is 22.3 Å². The number of benzene rings is 2. The summed E-state index contributed by atoms with van der Waals surface area (Å²) in [4.78, 5) is 4.04. The van der Waals surface area contributed by atoms with Crippen LogP contribution in [0, 0.1) is 12.7 Å². The summed E-state index contributed by atoms with van der Waals surface area (Å²) in [5.74, 6) is -0.280. The fourth-order valence-electron chi connectivity index (χ4n) is 3.37. The van der Waals surface area contributed by atoms with Crippen LogP contribution in [0.5, 0.6) is 0 Å². The fraction of sp³-hybridized carbons (Fsp3) is 0.143. The van der Waals surface area contributed by atoms with Crippen molar-refractivity contribution < 1.29 is 9.13 Å². The molecule has 4 nitrogen and oxygen atoms in total. The first-order valence-electron chi connectivity index (χ1n) is 8.39. The van der Waals surface area contributed by atoms with Crippen LogP contribution in [0.4, 0.5) is 4.39 Å². The van der Waals surface area contributed by atoms with E-state index in [9.17, 15) is 4.39 Å². The molecule has 3 aromatic rings. The highest BCUT2D eigenvalue weighted by Crippen LogP contribution is 2.44. The summed E-state index contributed by atoms with van der Waals surface area (Å²) in [5.41, 5.74) is 3.25. The number of hydrogen-bond donors (Lipinski definition) is 0. The Bertz CT molecular complexity index is 961. The Hall–Kier alpha value is -3.21. The molecule has 0 spiro atoms. The van der Waals surface area contributed by atoms with E-state index in [1.165, 1.54) is 18.5 Å². The van der Waals surface area contributed by atoms with E-state index in [2.05, 4.69) is 29.1 Å². The first kappa shape index (κ1) is 16.3. The largest absolute Gasteiger partial charge is 0.483 e. The van der Waals surface area contributed by atoms with E-state index >= 15 is 0 Å². The molecule has 0 amide bonds. The zero-order valence-electron chi connectivity index (χ0n) is 14.3. The van der Waals surface area contributed by atoms with Crippen molar-refractivity contribution in [2.24, 2.45) is 0 Å². The average Bonchev–Trinajstić information content (AvgIpc) is 3.16. The summed E-state index contributed by atoms with van der Waals surface area (Å²) >= 11 is 0. The highest BCUT2D eigenvalue weighted by molar-refractivity contribution is 5.77. The van der Waals surface area contributed by atoms with Gasteiger partial charge in [0.25, 0.3) is 0 Å². The number of halogens is 1. The summed E-state index contributed by atoms with van der Waals surface area (Å²) in [5, 5.41) is 4.25. The minimum atomic E-state index is -0.831. The van der Waals surface area contributed by atoms with E-state index in [1.807, 2.05) is 24.3 Å². The van der Waals surface area contributed by atoms with Gasteiger partial charge >= 0.3 is 0 Å². The number of aromatic nitrogens is 3.